The highest BCUT2D eigenvalue weighted by molar-refractivity contribution is 5.64. The van der Waals surface area contributed by atoms with Crippen LogP contribution < -0.4 is 0 Å². The van der Waals surface area contributed by atoms with Crippen LogP contribution in [0.25, 0.3) is 11.3 Å². The van der Waals surface area contributed by atoms with Crippen LogP contribution >= 0.6 is 0 Å². The molecule has 2 heterocycles. The van der Waals surface area contributed by atoms with E-state index in [0.29, 0.717) is 5.65 Å². The molecule has 4 heteroatoms. The highest BCUT2D eigenvalue weighted by atomic mass is 15.0. The standard InChI is InChI=1S/C7H8N4.C2H6.H2/c1-4-3-8-6-7(9-4)11-5(2)10-6;1-2;/h3H,1-2H3,(H,8,9,10,11);1-2H3;1H. The van der Waals surface area contributed by atoms with Crippen LogP contribution in [0.4, 0.5) is 0 Å². The minimum atomic E-state index is 0. The van der Waals surface area contributed by atoms with Crippen LogP contribution in [0.15, 0.2) is 6.20 Å². The van der Waals surface area contributed by atoms with Crippen molar-refractivity contribution < 1.29 is 1.43 Å². The molecule has 0 saturated heterocycles. The average Bonchev–Trinajstić information content (AvgIpc) is 2.48. The quantitative estimate of drug-likeness (QED) is 0.676. The lowest BCUT2D eigenvalue weighted by Crippen LogP contribution is -1.84. The normalized spacial score (nSPS) is 9.54. The van der Waals surface area contributed by atoms with Gasteiger partial charge in [0.05, 0.1) is 11.9 Å². The molecule has 2 aromatic rings. The first-order chi connectivity index (χ1) is 6.25. The van der Waals surface area contributed by atoms with E-state index in [-0.39, 0.29) is 1.43 Å². The third-order valence-electron chi connectivity index (χ3n) is 1.45. The van der Waals surface area contributed by atoms with E-state index in [0.717, 1.165) is 17.2 Å². The summed E-state index contributed by atoms with van der Waals surface area (Å²) in [5.41, 5.74) is 2.36. The summed E-state index contributed by atoms with van der Waals surface area (Å²) in [5.74, 6) is 0.852. The van der Waals surface area contributed by atoms with Crippen molar-refractivity contribution in [1.82, 2.24) is 19.9 Å². The molecule has 0 spiro atoms. The molecule has 13 heavy (non-hydrogen) atoms. The molecule has 0 aliphatic heterocycles. The third-order valence-corrected chi connectivity index (χ3v) is 1.45. The number of aryl methyl sites for hydroxylation is 2. The number of hydrogen-bond donors (Lipinski definition) is 1. The summed E-state index contributed by atoms with van der Waals surface area (Å²) in [6.07, 6.45) is 1.71. The molecule has 0 atom stereocenters. The van der Waals surface area contributed by atoms with E-state index >= 15 is 0 Å². The van der Waals surface area contributed by atoms with Crippen LogP contribution in [0.3, 0.4) is 0 Å². The lowest BCUT2D eigenvalue weighted by Gasteiger charge is -1.87. The van der Waals surface area contributed by atoms with Gasteiger partial charge in [0.15, 0.2) is 11.3 Å². The molecule has 0 bridgehead atoms. The second-order valence-corrected chi connectivity index (χ2v) is 2.51. The minimum Gasteiger partial charge on any atom is -0.325 e. The van der Waals surface area contributed by atoms with Crippen molar-refractivity contribution in [3.05, 3.63) is 17.7 Å². The molecule has 0 aliphatic carbocycles. The number of imidazole rings is 1. The summed E-state index contributed by atoms with van der Waals surface area (Å²) in [4.78, 5) is 15.5. The van der Waals surface area contributed by atoms with Gasteiger partial charge in [0.2, 0.25) is 0 Å². The summed E-state index contributed by atoms with van der Waals surface area (Å²) in [6.45, 7) is 7.79. The highest BCUT2D eigenvalue weighted by Gasteiger charge is 1.99. The summed E-state index contributed by atoms with van der Waals surface area (Å²) < 4.78 is 0. The smallest absolute Gasteiger partial charge is 0.197 e. The van der Waals surface area contributed by atoms with E-state index in [1.54, 1.807) is 6.20 Å². The summed E-state index contributed by atoms with van der Waals surface area (Å²) >= 11 is 0. The lowest BCUT2D eigenvalue weighted by atomic mass is 10.5. The first kappa shape index (κ1) is 9.64. The van der Waals surface area contributed by atoms with Gasteiger partial charge in [0.25, 0.3) is 0 Å². The maximum Gasteiger partial charge on any atom is 0.197 e. The monoisotopic (exact) mass is 180 g/mol. The van der Waals surface area contributed by atoms with Gasteiger partial charge in [-0.2, -0.15) is 0 Å². The van der Waals surface area contributed by atoms with Crippen molar-refractivity contribution in [1.29, 1.82) is 0 Å². The van der Waals surface area contributed by atoms with E-state index < -0.39 is 0 Å². The Morgan fingerprint density at radius 3 is 2.62 bits per heavy atom. The topological polar surface area (TPSA) is 54.5 Å². The first-order valence-electron chi connectivity index (χ1n) is 4.41. The summed E-state index contributed by atoms with van der Waals surface area (Å²) in [7, 11) is 0. The summed E-state index contributed by atoms with van der Waals surface area (Å²) in [5, 5.41) is 0. The Labute approximate surface area is 78.9 Å². The van der Waals surface area contributed by atoms with Gasteiger partial charge in [0.1, 0.15) is 5.82 Å². The molecular formula is C9H16N4. The van der Waals surface area contributed by atoms with Gasteiger partial charge >= 0.3 is 0 Å². The molecule has 2 aromatic heterocycles. The van der Waals surface area contributed by atoms with Crippen molar-refractivity contribution in [2.24, 2.45) is 0 Å². The molecule has 4 nitrogen and oxygen atoms in total. The maximum atomic E-state index is 4.22. The number of nitrogens with one attached hydrogen (secondary N) is 1. The Morgan fingerprint density at radius 1 is 1.23 bits per heavy atom. The van der Waals surface area contributed by atoms with Gasteiger partial charge in [-0.15, -0.1) is 0 Å². The molecule has 0 aliphatic rings. The van der Waals surface area contributed by atoms with E-state index in [2.05, 4.69) is 19.9 Å². The fourth-order valence-electron chi connectivity index (χ4n) is 0.995. The predicted molar refractivity (Wildman–Crippen MR) is 54.6 cm³/mol. The number of hydrogen-bond acceptors (Lipinski definition) is 3. The van der Waals surface area contributed by atoms with Crippen molar-refractivity contribution in [3.8, 4) is 0 Å². The molecule has 1 N–H and O–H groups in total. The second kappa shape index (κ2) is 3.98. The fourth-order valence-corrected chi connectivity index (χ4v) is 0.995. The largest absolute Gasteiger partial charge is 0.325 e. The predicted octanol–water partition coefficient (Wildman–Crippen LogP) is 2.24. The van der Waals surface area contributed by atoms with Crippen molar-refractivity contribution in [3.63, 3.8) is 0 Å². The Morgan fingerprint density at radius 2 is 1.92 bits per heavy atom. The number of nitrogens with zero attached hydrogens (tertiary/aromatic N) is 3. The van der Waals surface area contributed by atoms with Gasteiger partial charge in [-0.1, -0.05) is 13.8 Å². The molecule has 0 unspecified atom stereocenters. The molecule has 0 aromatic carbocycles. The third kappa shape index (κ3) is 2.02. The fraction of sp³-hybridized carbons (Fsp3) is 0.444. The molecule has 0 radical (unpaired) electrons. The Hall–Kier alpha value is -1.45. The van der Waals surface area contributed by atoms with Crippen molar-refractivity contribution in [2.45, 2.75) is 27.7 Å². The van der Waals surface area contributed by atoms with Gasteiger partial charge in [-0.05, 0) is 13.8 Å². The van der Waals surface area contributed by atoms with Crippen LogP contribution in [-0.4, -0.2) is 19.9 Å². The van der Waals surface area contributed by atoms with Crippen LogP contribution in [0.2, 0.25) is 0 Å². The summed E-state index contributed by atoms with van der Waals surface area (Å²) in [6, 6.07) is 0. The maximum absolute atomic E-state index is 4.22. The molecular weight excluding hydrogens is 164 g/mol. The zero-order valence-electron chi connectivity index (χ0n) is 8.42. The Bertz CT molecular complexity index is 397. The number of rotatable bonds is 0. The SMILES string of the molecule is CC.Cc1cnc2nc(C)[nH]c2n1.[HH]. The van der Waals surface area contributed by atoms with Crippen molar-refractivity contribution >= 4 is 11.3 Å². The van der Waals surface area contributed by atoms with E-state index in [9.17, 15) is 0 Å². The zero-order chi connectivity index (χ0) is 9.84. The average molecular weight is 180 g/mol. The number of aromatic amines is 1. The Balaban J connectivity index is 0.000000531. The number of fused-ring (bicyclic) bond motifs is 1. The number of H-pyrrole nitrogens is 1. The van der Waals surface area contributed by atoms with Crippen molar-refractivity contribution in [2.75, 3.05) is 0 Å². The highest BCUT2D eigenvalue weighted by Crippen LogP contribution is 2.04. The molecule has 0 amide bonds. The zero-order valence-corrected chi connectivity index (χ0v) is 8.42. The van der Waals surface area contributed by atoms with E-state index in [4.69, 9.17) is 0 Å². The van der Waals surface area contributed by atoms with Gasteiger partial charge in [-0.3, -0.25) is 0 Å². The number of aromatic nitrogens is 4. The van der Waals surface area contributed by atoms with Gasteiger partial charge in [-0.25, -0.2) is 15.0 Å². The molecule has 72 valence electrons. The molecule has 0 fully saturated rings. The van der Waals surface area contributed by atoms with Crippen LogP contribution in [0, 0.1) is 13.8 Å². The minimum absolute atomic E-state index is 0. The van der Waals surface area contributed by atoms with Crippen LogP contribution in [0.5, 0.6) is 0 Å². The van der Waals surface area contributed by atoms with Crippen LogP contribution in [0.1, 0.15) is 26.8 Å². The first-order valence-corrected chi connectivity index (χ1v) is 4.41. The molecule has 2 rings (SSSR count). The lowest BCUT2D eigenvalue weighted by molar-refractivity contribution is 1.15. The Kier molecular flexibility index (Phi) is 2.95. The van der Waals surface area contributed by atoms with Crippen LogP contribution in [-0.2, 0) is 0 Å². The van der Waals surface area contributed by atoms with E-state index in [1.807, 2.05) is 27.7 Å². The molecule has 0 saturated carbocycles. The van der Waals surface area contributed by atoms with Gasteiger partial charge in [0, 0.05) is 1.43 Å². The van der Waals surface area contributed by atoms with E-state index in [1.165, 1.54) is 0 Å². The van der Waals surface area contributed by atoms with Gasteiger partial charge < -0.3 is 4.98 Å². The second-order valence-electron chi connectivity index (χ2n) is 2.51.